The van der Waals surface area contributed by atoms with E-state index in [1.807, 2.05) is 32.0 Å². The molecule has 0 saturated carbocycles. The van der Waals surface area contributed by atoms with Gasteiger partial charge in [-0.1, -0.05) is 23.8 Å². The molecule has 0 spiro atoms. The predicted molar refractivity (Wildman–Crippen MR) is 71.9 cm³/mol. The third-order valence-corrected chi connectivity index (χ3v) is 2.95. The summed E-state index contributed by atoms with van der Waals surface area (Å²) < 4.78 is 19.2. The molecule has 0 amide bonds. The first-order chi connectivity index (χ1) is 8.60. The largest absolute Gasteiger partial charge is 0.454 e. The van der Waals surface area contributed by atoms with Gasteiger partial charge in [0.05, 0.1) is 5.88 Å². The Morgan fingerprint density at radius 3 is 2.39 bits per heavy atom. The Morgan fingerprint density at radius 1 is 1.00 bits per heavy atom. The summed E-state index contributed by atoms with van der Waals surface area (Å²) in [7, 11) is 0. The van der Waals surface area contributed by atoms with Gasteiger partial charge in [-0.2, -0.15) is 0 Å². The Kier molecular flexibility index (Phi) is 3.87. The number of alkyl halides is 1. The number of aryl methyl sites for hydroxylation is 2. The molecule has 3 heteroatoms. The summed E-state index contributed by atoms with van der Waals surface area (Å²) in [6.45, 7) is 3.87. The van der Waals surface area contributed by atoms with E-state index in [1.54, 1.807) is 12.1 Å². The highest BCUT2D eigenvalue weighted by molar-refractivity contribution is 6.17. The summed E-state index contributed by atoms with van der Waals surface area (Å²) in [5.74, 6) is 0.789. The van der Waals surface area contributed by atoms with Crippen molar-refractivity contribution >= 4 is 11.6 Å². The Morgan fingerprint density at radius 2 is 1.67 bits per heavy atom. The molecule has 0 N–H and O–H groups in total. The molecule has 0 radical (unpaired) electrons. The van der Waals surface area contributed by atoms with Crippen LogP contribution in [0.5, 0.6) is 11.5 Å². The first kappa shape index (κ1) is 12.9. The van der Waals surface area contributed by atoms with Gasteiger partial charge in [0.1, 0.15) is 5.75 Å². The van der Waals surface area contributed by atoms with Crippen LogP contribution in [0, 0.1) is 19.7 Å². The zero-order valence-corrected chi connectivity index (χ0v) is 11.1. The lowest BCUT2D eigenvalue weighted by Crippen LogP contribution is -1.93. The number of benzene rings is 2. The lowest BCUT2D eigenvalue weighted by Gasteiger charge is -2.11. The molecule has 0 aliphatic heterocycles. The Bertz CT molecular complexity index is 566. The van der Waals surface area contributed by atoms with Gasteiger partial charge < -0.3 is 4.74 Å². The maximum absolute atomic E-state index is 13.6. The Labute approximate surface area is 111 Å². The van der Waals surface area contributed by atoms with Gasteiger partial charge in [-0.15, -0.1) is 11.6 Å². The van der Waals surface area contributed by atoms with Crippen molar-refractivity contribution in [3.05, 3.63) is 58.9 Å². The topological polar surface area (TPSA) is 9.23 Å². The first-order valence-corrected chi connectivity index (χ1v) is 6.23. The second kappa shape index (κ2) is 5.40. The van der Waals surface area contributed by atoms with Crippen LogP contribution < -0.4 is 4.74 Å². The van der Waals surface area contributed by atoms with E-state index in [9.17, 15) is 4.39 Å². The number of hydrogen-bond acceptors (Lipinski definition) is 1. The van der Waals surface area contributed by atoms with E-state index in [0.717, 1.165) is 16.7 Å². The SMILES string of the molecule is Cc1ccc(Oc2cc(C)ccc2F)c(CCl)c1. The fourth-order valence-corrected chi connectivity index (χ4v) is 1.93. The molecule has 0 unspecified atom stereocenters. The molecule has 1 nitrogen and oxygen atoms in total. The molecule has 2 rings (SSSR count). The molecule has 0 aliphatic rings. The lowest BCUT2D eigenvalue weighted by atomic mass is 10.1. The van der Waals surface area contributed by atoms with Crippen molar-refractivity contribution in [2.24, 2.45) is 0 Å². The van der Waals surface area contributed by atoms with Gasteiger partial charge in [-0.25, -0.2) is 4.39 Å². The second-order valence-corrected chi connectivity index (χ2v) is 4.55. The lowest BCUT2D eigenvalue weighted by molar-refractivity contribution is 0.438. The molecule has 0 fully saturated rings. The average Bonchev–Trinajstić information content (AvgIpc) is 2.36. The van der Waals surface area contributed by atoms with Gasteiger partial charge in [0.15, 0.2) is 11.6 Å². The predicted octanol–water partition coefficient (Wildman–Crippen LogP) is 4.97. The summed E-state index contributed by atoms with van der Waals surface area (Å²) in [5, 5.41) is 0. The highest BCUT2D eigenvalue weighted by Gasteiger charge is 2.08. The number of hydrogen-bond donors (Lipinski definition) is 0. The van der Waals surface area contributed by atoms with E-state index in [4.69, 9.17) is 16.3 Å². The summed E-state index contributed by atoms with van der Waals surface area (Å²) in [4.78, 5) is 0. The summed E-state index contributed by atoms with van der Waals surface area (Å²) in [5.41, 5.74) is 2.91. The van der Waals surface area contributed by atoms with Gasteiger partial charge in [0.25, 0.3) is 0 Å². The summed E-state index contributed by atoms with van der Waals surface area (Å²) in [6.07, 6.45) is 0. The molecule has 0 heterocycles. The van der Waals surface area contributed by atoms with Crippen molar-refractivity contribution in [3.63, 3.8) is 0 Å². The van der Waals surface area contributed by atoms with Crippen LogP contribution >= 0.6 is 11.6 Å². The standard InChI is InChI=1S/C15H14ClFO/c1-10-4-6-14(12(7-10)9-16)18-15-8-11(2)3-5-13(15)17/h3-8H,9H2,1-2H3. The summed E-state index contributed by atoms with van der Waals surface area (Å²) in [6, 6.07) is 10.5. The third-order valence-electron chi connectivity index (χ3n) is 2.67. The third kappa shape index (κ3) is 2.82. The molecule has 0 atom stereocenters. The molecule has 0 bridgehead atoms. The molecule has 2 aromatic rings. The van der Waals surface area contributed by atoms with E-state index < -0.39 is 0 Å². The van der Waals surface area contributed by atoms with Crippen LogP contribution in [0.25, 0.3) is 0 Å². The number of ether oxygens (including phenoxy) is 1. The molecule has 0 aliphatic carbocycles. The van der Waals surface area contributed by atoms with Crippen LogP contribution in [0.4, 0.5) is 4.39 Å². The van der Waals surface area contributed by atoms with Crippen molar-refractivity contribution in [2.45, 2.75) is 19.7 Å². The van der Waals surface area contributed by atoms with Crippen molar-refractivity contribution in [1.29, 1.82) is 0 Å². The van der Waals surface area contributed by atoms with E-state index in [2.05, 4.69) is 0 Å². The van der Waals surface area contributed by atoms with Gasteiger partial charge in [0, 0.05) is 5.56 Å². The fourth-order valence-electron chi connectivity index (χ4n) is 1.72. The quantitative estimate of drug-likeness (QED) is 0.711. The molecule has 0 aromatic heterocycles. The molecule has 2 aromatic carbocycles. The smallest absolute Gasteiger partial charge is 0.165 e. The van der Waals surface area contributed by atoms with Crippen LogP contribution in [0.15, 0.2) is 36.4 Å². The van der Waals surface area contributed by atoms with Crippen LogP contribution in [-0.2, 0) is 5.88 Å². The van der Waals surface area contributed by atoms with Crippen LogP contribution in [-0.4, -0.2) is 0 Å². The minimum absolute atomic E-state index is 0.227. The highest BCUT2D eigenvalue weighted by Crippen LogP contribution is 2.29. The van der Waals surface area contributed by atoms with Gasteiger partial charge in [0.2, 0.25) is 0 Å². The second-order valence-electron chi connectivity index (χ2n) is 4.28. The van der Waals surface area contributed by atoms with E-state index >= 15 is 0 Å². The number of halogens is 2. The van der Waals surface area contributed by atoms with Crippen LogP contribution in [0.2, 0.25) is 0 Å². The van der Waals surface area contributed by atoms with Crippen molar-refractivity contribution < 1.29 is 9.13 Å². The van der Waals surface area contributed by atoms with E-state index in [1.165, 1.54) is 6.07 Å². The Hall–Kier alpha value is -1.54. The number of rotatable bonds is 3. The maximum atomic E-state index is 13.6. The maximum Gasteiger partial charge on any atom is 0.165 e. The molecular weight excluding hydrogens is 251 g/mol. The zero-order chi connectivity index (χ0) is 13.1. The van der Waals surface area contributed by atoms with Crippen LogP contribution in [0.3, 0.4) is 0 Å². The molecular formula is C15H14ClFO. The van der Waals surface area contributed by atoms with Gasteiger partial charge in [-0.3, -0.25) is 0 Å². The highest BCUT2D eigenvalue weighted by atomic mass is 35.5. The molecule has 18 heavy (non-hydrogen) atoms. The van der Waals surface area contributed by atoms with Gasteiger partial charge in [-0.05, 0) is 37.6 Å². The normalized spacial score (nSPS) is 10.4. The molecule has 94 valence electrons. The van der Waals surface area contributed by atoms with Crippen molar-refractivity contribution in [2.75, 3.05) is 0 Å². The summed E-state index contributed by atoms with van der Waals surface area (Å²) >= 11 is 5.87. The van der Waals surface area contributed by atoms with Crippen molar-refractivity contribution in [3.8, 4) is 11.5 Å². The minimum atomic E-state index is -0.373. The Balaban J connectivity index is 2.36. The minimum Gasteiger partial charge on any atom is -0.454 e. The van der Waals surface area contributed by atoms with Crippen molar-refractivity contribution in [1.82, 2.24) is 0 Å². The fraction of sp³-hybridized carbons (Fsp3) is 0.200. The van der Waals surface area contributed by atoms with E-state index in [-0.39, 0.29) is 11.6 Å². The van der Waals surface area contributed by atoms with E-state index in [0.29, 0.717) is 11.6 Å². The average molecular weight is 265 g/mol. The first-order valence-electron chi connectivity index (χ1n) is 5.69. The van der Waals surface area contributed by atoms with Gasteiger partial charge >= 0.3 is 0 Å². The monoisotopic (exact) mass is 264 g/mol. The zero-order valence-electron chi connectivity index (χ0n) is 10.3. The van der Waals surface area contributed by atoms with Crippen LogP contribution in [0.1, 0.15) is 16.7 Å². The molecule has 0 saturated heterocycles.